The monoisotopic (exact) mass is 232 g/mol. The average molecular weight is 233 g/mol. The van der Waals surface area contributed by atoms with Crippen molar-refractivity contribution in [3.8, 4) is 0 Å². The van der Waals surface area contributed by atoms with Gasteiger partial charge in [0.25, 0.3) is 0 Å². The highest BCUT2D eigenvalue weighted by Gasteiger charge is 2.23. The second-order valence-corrected chi connectivity index (χ2v) is 5.22. The average Bonchev–Trinajstić information content (AvgIpc) is 2.24. The lowest BCUT2D eigenvalue weighted by Crippen LogP contribution is -2.40. The van der Waals surface area contributed by atoms with Crippen molar-refractivity contribution in [1.82, 2.24) is 10.2 Å². The standard InChI is InChI=1S/C12H25ClN2/c1-15(2)9-5-8-14-12-7-4-3-6-11(12)10-13/h11-12,14H,3-10H2,1-2H3. The van der Waals surface area contributed by atoms with Gasteiger partial charge in [-0.1, -0.05) is 12.8 Å². The minimum Gasteiger partial charge on any atom is -0.314 e. The van der Waals surface area contributed by atoms with E-state index in [2.05, 4.69) is 24.3 Å². The van der Waals surface area contributed by atoms with Crippen LogP contribution < -0.4 is 5.32 Å². The number of halogens is 1. The quantitative estimate of drug-likeness (QED) is 0.559. The van der Waals surface area contributed by atoms with Gasteiger partial charge in [0.15, 0.2) is 0 Å². The lowest BCUT2D eigenvalue weighted by atomic mass is 9.86. The van der Waals surface area contributed by atoms with Crippen molar-refractivity contribution in [3.63, 3.8) is 0 Å². The maximum Gasteiger partial charge on any atom is 0.0266 e. The van der Waals surface area contributed by atoms with Gasteiger partial charge in [-0.05, 0) is 52.4 Å². The molecule has 0 aromatic carbocycles. The van der Waals surface area contributed by atoms with Crippen LogP contribution >= 0.6 is 11.6 Å². The third-order valence-corrected chi connectivity index (χ3v) is 3.69. The molecule has 0 heterocycles. The molecule has 2 unspecified atom stereocenters. The Balaban J connectivity index is 2.12. The summed E-state index contributed by atoms with van der Waals surface area (Å²) >= 11 is 5.99. The Bertz CT molecular complexity index is 162. The van der Waals surface area contributed by atoms with Crippen LogP contribution in [0.25, 0.3) is 0 Å². The Morgan fingerprint density at radius 1 is 1.27 bits per heavy atom. The number of hydrogen-bond acceptors (Lipinski definition) is 2. The normalized spacial score (nSPS) is 27.2. The zero-order chi connectivity index (χ0) is 11.1. The van der Waals surface area contributed by atoms with E-state index in [-0.39, 0.29) is 0 Å². The highest BCUT2D eigenvalue weighted by atomic mass is 35.5. The topological polar surface area (TPSA) is 15.3 Å². The van der Waals surface area contributed by atoms with E-state index < -0.39 is 0 Å². The van der Waals surface area contributed by atoms with E-state index in [1.807, 2.05) is 0 Å². The van der Waals surface area contributed by atoms with E-state index in [0.29, 0.717) is 12.0 Å². The van der Waals surface area contributed by atoms with Crippen molar-refractivity contribution in [2.75, 3.05) is 33.1 Å². The first kappa shape index (κ1) is 13.3. The molecule has 90 valence electrons. The molecule has 3 heteroatoms. The van der Waals surface area contributed by atoms with Crippen molar-refractivity contribution >= 4 is 11.6 Å². The predicted molar refractivity (Wildman–Crippen MR) is 67.6 cm³/mol. The Morgan fingerprint density at radius 2 is 2.00 bits per heavy atom. The van der Waals surface area contributed by atoms with Crippen LogP contribution in [0.2, 0.25) is 0 Å². The molecule has 0 aromatic heterocycles. The summed E-state index contributed by atoms with van der Waals surface area (Å²) in [6.07, 6.45) is 6.61. The molecule has 1 N–H and O–H groups in total. The van der Waals surface area contributed by atoms with Crippen molar-refractivity contribution < 1.29 is 0 Å². The van der Waals surface area contributed by atoms with Gasteiger partial charge in [0.05, 0.1) is 0 Å². The van der Waals surface area contributed by atoms with E-state index in [1.54, 1.807) is 0 Å². The summed E-state index contributed by atoms with van der Waals surface area (Å²) in [5, 5.41) is 3.67. The Kier molecular flexibility index (Phi) is 6.62. The third-order valence-electron chi connectivity index (χ3n) is 3.30. The molecule has 2 atom stereocenters. The lowest BCUT2D eigenvalue weighted by Gasteiger charge is -2.31. The maximum atomic E-state index is 5.99. The molecule has 0 saturated heterocycles. The molecular formula is C12H25ClN2. The fourth-order valence-electron chi connectivity index (χ4n) is 2.34. The minimum atomic E-state index is 0.679. The first-order valence-corrected chi connectivity index (χ1v) is 6.71. The van der Waals surface area contributed by atoms with Crippen molar-refractivity contribution in [2.24, 2.45) is 5.92 Å². The first-order chi connectivity index (χ1) is 7.24. The fourth-order valence-corrected chi connectivity index (χ4v) is 2.71. The summed E-state index contributed by atoms with van der Waals surface area (Å²) in [7, 11) is 4.25. The zero-order valence-corrected chi connectivity index (χ0v) is 10.9. The van der Waals surface area contributed by atoms with Crippen LogP contribution in [-0.4, -0.2) is 44.0 Å². The molecule has 2 nitrogen and oxygen atoms in total. The molecule has 0 aliphatic heterocycles. The van der Waals surface area contributed by atoms with Crippen LogP contribution in [0, 0.1) is 5.92 Å². The van der Waals surface area contributed by atoms with Crippen LogP contribution in [0.4, 0.5) is 0 Å². The summed E-state index contributed by atoms with van der Waals surface area (Å²) in [4.78, 5) is 2.24. The van der Waals surface area contributed by atoms with Crippen LogP contribution in [0.5, 0.6) is 0 Å². The molecule has 0 aromatic rings. The highest BCUT2D eigenvalue weighted by molar-refractivity contribution is 6.18. The molecule has 15 heavy (non-hydrogen) atoms. The van der Waals surface area contributed by atoms with Gasteiger partial charge in [0, 0.05) is 11.9 Å². The smallest absolute Gasteiger partial charge is 0.0266 e. The number of hydrogen-bond donors (Lipinski definition) is 1. The zero-order valence-electron chi connectivity index (χ0n) is 10.1. The summed E-state index contributed by atoms with van der Waals surface area (Å²) < 4.78 is 0. The summed E-state index contributed by atoms with van der Waals surface area (Å²) in [6, 6.07) is 0.679. The van der Waals surface area contributed by atoms with Crippen LogP contribution in [0.3, 0.4) is 0 Å². The van der Waals surface area contributed by atoms with Gasteiger partial charge in [0.1, 0.15) is 0 Å². The molecule has 1 fully saturated rings. The van der Waals surface area contributed by atoms with E-state index in [0.717, 1.165) is 12.4 Å². The molecule has 1 rings (SSSR count). The maximum absolute atomic E-state index is 5.99. The number of nitrogens with one attached hydrogen (secondary N) is 1. The van der Waals surface area contributed by atoms with Crippen LogP contribution in [0.15, 0.2) is 0 Å². The SMILES string of the molecule is CN(C)CCCNC1CCCCC1CCl. The molecular weight excluding hydrogens is 208 g/mol. The number of nitrogens with zero attached hydrogens (tertiary/aromatic N) is 1. The minimum absolute atomic E-state index is 0.679. The summed E-state index contributed by atoms with van der Waals surface area (Å²) in [6.45, 7) is 2.31. The molecule has 0 spiro atoms. The molecule has 1 aliphatic rings. The van der Waals surface area contributed by atoms with Gasteiger partial charge < -0.3 is 10.2 Å². The van der Waals surface area contributed by atoms with Crippen LogP contribution in [-0.2, 0) is 0 Å². The van der Waals surface area contributed by atoms with E-state index in [1.165, 1.54) is 38.6 Å². The van der Waals surface area contributed by atoms with Gasteiger partial charge in [0.2, 0.25) is 0 Å². The molecule has 0 bridgehead atoms. The van der Waals surface area contributed by atoms with Crippen molar-refractivity contribution in [2.45, 2.75) is 38.1 Å². The van der Waals surface area contributed by atoms with Crippen molar-refractivity contribution in [1.29, 1.82) is 0 Å². The second-order valence-electron chi connectivity index (χ2n) is 4.92. The van der Waals surface area contributed by atoms with Crippen LogP contribution in [0.1, 0.15) is 32.1 Å². The summed E-state index contributed by atoms with van der Waals surface area (Å²) in [5.74, 6) is 1.53. The Hall–Kier alpha value is 0.210. The highest BCUT2D eigenvalue weighted by Crippen LogP contribution is 2.25. The van der Waals surface area contributed by atoms with Gasteiger partial charge in [-0.3, -0.25) is 0 Å². The molecule has 0 amide bonds. The van der Waals surface area contributed by atoms with E-state index in [9.17, 15) is 0 Å². The summed E-state index contributed by atoms with van der Waals surface area (Å²) in [5.41, 5.74) is 0. The fraction of sp³-hybridized carbons (Fsp3) is 1.00. The van der Waals surface area contributed by atoms with Gasteiger partial charge in [-0.2, -0.15) is 0 Å². The van der Waals surface area contributed by atoms with E-state index in [4.69, 9.17) is 11.6 Å². The lowest BCUT2D eigenvalue weighted by molar-refractivity contribution is 0.278. The second kappa shape index (κ2) is 7.48. The molecule has 1 saturated carbocycles. The predicted octanol–water partition coefficient (Wildman–Crippen LogP) is 2.33. The van der Waals surface area contributed by atoms with Gasteiger partial charge in [-0.15, -0.1) is 11.6 Å². The third kappa shape index (κ3) is 5.19. The largest absolute Gasteiger partial charge is 0.314 e. The number of alkyl halides is 1. The van der Waals surface area contributed by atoms with E-state index >= 15 is 0 Å². The van der Waals surface area contributed by atoms with Gasteiger partial charge in [-0.25, -0.2) is 0 Å². The Morgan fingerprint density at radius 3 is 2.67 bits per heavy atom. The van der Waals surface area contributed by atoms with Gasteiger partial charge >= 0.3 is 0 Å². The molecule has 0 radical (unpaired) electrons. The first-order valence-electron chi connectivity index (χ1n) is 6.18. The number of rotatable bonds is 6. The van der Waals surface area contributed by atoms with Crippen molar-refractivity contribution in [3.05, 3.63) is 0 Å². The molecule has 1 aliphatic carbocycles. The Labute approximate surface area is 99.4 Å².